The second-order valence-corrected chi connectivity index (χ2v) is 7.79. The van der Waals surface area contributed by atoms with Crippen LogP contribution in [0.2, 0.25) is 5.15 Å². The molecule has 138 valence electrons. The van der Waals surface area contributed by atoms with Crippen LogP contribution in [0.15, 0.2) is 12.3 Å². The topological polar surface area (TPSA) is 81.2 Å². The van der Waals surface area contributed by atoms with E-state index in [0.29, 0.717) is 24.0 Å². The molecule has 0 radical (unpaired) electrons. The lowest BCUT2D eigenvalue weighted by Gasteiger charge is -2.34. The number of rotatable bonds is 3. The minimum absolute atomic E-state index is 0.0690. The number of halogens is 2. The Labute approximate surface area is 155 Å². The Hall–Kier alpha value is -2.15. The van der Waals surface area contributed by atoms with Crippen LogP contribution in [-0.4, -0.2) is 39.4 Å². The number of hydrogen-bond acceptors (Lipinski definition) is 3. The van der Waals surface area contributed by atoms with Gasteiger partial charge >= 0.3 is 0 Å². The molecule has 3 heterocycles. The number of pyridine rings is 1. The molecule has 2 fully saturated rings. The van der Waals surface area contributed by atoms with Crippen molar-refractivity contribution in [2.75, 3.05) is 13.1 Å². The van der Waals surface area contributed by atoms with E-state index in [2.05, 4.69) is 4.98 Å². The number of aromatic nitrogens is 2. The molecule has 2 aliphatic rings. The van der Waals surface area contributed by atoms with Crippen molar-refractivity contribution in [1.29, 1.82) is 0 Å². The van der Waals surface area contributed by atoms with Crippen LogP contribution < -0.4 is 5.73 Å². The van der Waals surface area contributed by atoms with Gasteiger partial charge in [-0.3, -0.25) is 9.59 Å². The van der Waals surface area contributed by atoms with Gasteiger partial charge < -0.3 is 15.2 Å². The first-order valence-corrected chi connectivity index (χ1v) is 9.14. The molecule has 1 aliphatic carbocycles. The van der Waals surface area contributed by atoms with Gasteiger partial charge in [-0.2, -0.15) is 0 Å². The normalized spacial score (nSPS) is 19.7. The predicted octanol–water partition coefficient (Wildman–Crippen LogP) is 2.89. The van der Waals surface area contributed by atoms with Crippen LogP contribution in [0.4, 0.5) is 4.39 Å². The lowest BCUT2D eigenvalue weighted by molar-refractivity contribution is -0.135. The number of carbonyl (C=O) groups is 2. The highest BCUT2D eigenvalue weighted by Crippen LogP contribution is 2.53. The fourth-order valence-electron chi connectivity index (χ4n) is 3.99. The molecule has 2 amide bonds. The van der Waals surface area contributed by atoms with E-state index < -0.39 is 17.8 Å². The number of piperidine rings is 1. The van der Waals surface area contributed by atoms with Crippen molar-refractivity contribution in [1.82, 2.24) is 14.5 Å². The summed E-state index contributed by atoms with van der Waals surface area (Å²) in [5.41, 5.74) is 6.33. The summed E-state index contributed by atoms with van der Waals surface area (Å²) in [5, 5.41) is -0.149. The van der Waals surface area contributed by atoms with Crippen molar-refractivity contribution >= 4 is 34.3 Å². The van der Waals surface area contributed by atoms with Crippen LogP contribution >= 0.6 is 11.6 Å². The van der Waals surface area contributed by atoms with Crippen molar-refractivity contribution in [2.24, 2.45) is 11.1 Å². The van der Waals surface area contributed by atoms with Crippen LogP contribution in [-0.2, 0) is 4.79 Å². The molecule has 1 unspecified atom stereocenters. The second kappa shape index (κ2) is 5.94. The molecule has 1 saturated carbocycles. The number of hydrogen-bond donors (Lipinski definition) is 1. The molecule has 6 nitrogen and oxygen atoms in total. The molecule has 0 aromatic carbocycles. The number of primary amides is 1. The van der Waals surface area contributed by atoms with E-state index in [0.717, 1.165) is 12.8 Å². The highest BCUT2D eigenvalue weighted by molar-refractivity contribution is 6.30. The van der Waals surface area contributed by atoms with E-state index in [-0.39, 0.29) is 22.1 Å². The molecule has 1 spiro atoms. The first-order valence-electron chi connectivity index (χ1n) is 8.76. The van der Waals surface area contributed by atoms with Gasteiger partial charge in [0.15, 0.2) is 11.0 Å². The number of carbonyl (C=O) groups excluding carboxylic acids is 2. The van der Waals surface area contributed by atoms with Gasteiger partial charge in [0.25, 0.3) is 5.91 Å². The fourth-order valence-corrected chi connectivity index (χ4v) is 4.14. The number of likely N-dealkylation sites (tertiary alicyclic amines) is 1. The Morgan fingerprint density at radius 3 is 2.54 bits per heavy atom. The van der Waals surface area contributed by atoms with Crippen LogP contribution in [0.1, 0.15) is 49.1 Å². The molecule has 1 saturated heterocycles. The molecule has 26 heavy (non-hydrogen) atoms. The average Bonchev–Trinajstić information content (AvgIpc) is 3.25. The zero-order valence-electron chi connectivity index (χ0n) is 14.5. The number of fused-ring (bicyclic) bond motifs is 1. The van der Waals surface area contributed by atoms with Gasteiger partial charge in [-0.05, 0) is 44.1 Å². The molecule has 4 rings (SSSR count). The average molecular weight is 379 g/mol. The van der Waals surface area contributed by atoms with Gasteiger partial charge in [-0.25, -0.2) is 9.37 Å². The largest absolute Gasteiger partial charge is 0.364 e. The number of amides is 2. The van der Waals surface area contributed by atoms with Gasteiger partial charge in [0.2, 0.25) is 5.91 Å². The molecular formula is C18H20ClFN4O2. The molecular weight excluding hydrogens is 359 g/mol. The molecule has 2 aromatic rings. The Kier molecular flexibility index (Phi) is 3.95. The SMILES string of the molecule is CC(C(=O)N1CCC2(CC1)CC2)n1c(C(N)=O)cc2c(F)c(Cl)ncc21. The molecule has 1 atom stereocenters. The molecule has 1 aliphatic heterocycles. The maximum absolute atomic E-state index is 14.3. The monoisotopic (exact) mass is 378 g/mol. The van der Waals surface area contributed by atoms with Gasteiger partial charge in [-0.1, -0.05) is 11.6 Å². The maximum Gasteiger partial charge on any atom is 0.265 e. The first kappa shape index (κ1) is 17.3. The highest BCUT2D eigenvalue weighted by Gasteiger charge is 2.45. The lowest BCUT2D eigenvalue weighted by Crippen LogP contribution is -2.42. The standard InChI is InChI=1S/C18H20ClFN4O2/c1-10(17(26)23-6-4-18(2-3-18)5-7-23)24-12(16(21)25)8-11-13(24)9-22-15(19)14(11)20/h8-10H,2-7H2,1H3,(H2,21,25). The number of nitrogens with two attached hydrogens (primary N) is 1. The van der Waals surface area contributed by atoms with Crippen molar-refractivity contribution in [3.63, 3.8) is 0 Å². The summed E-state index contributed by atoms with van der Waals surface area (Å²) in [7, 11) is 0. The second-order valence-electron chi connectivity index (χ2n) is 7.43. The lowest BCUT2D eigenvalue weighted by atomic mass is 9.93. The summed E-state index contributed by atoms with van der Waals surface area (Å²) in [4.78, 5) is 30.5. The third-order valence-corrected chi connectivity index (χ3v) is 6.15. The van der Waals surface area contributed by atoms with Gasteiger partial charge in [0.1, 0.15) is 11.7 Å². The molecule has 2 N–H and O–H groups in total. The van der Waals surface area contributed by atoms with E-state index in [1.165, 1.54) is 29.7 Å². The highest BCUT2D eigenvalue weighted by atomic mass is 35.5. The quantitative estimate of drug-likeness (QED) is 0.834. The van der Waals surface area contributed by atoms with Crippen molar-refractivity contribution in [3.8, 4) is 0 Å². The Morgan fingerprint density at radius 2 is 1.96 bits per heavy atom. The van der Waals surface area contributed by atoms with Gasteiger partial charge in [0, 0.05) is 18.5 Å². The first-order chi connectivity index (χ1) is 12.3. The molecule has 8 heteroatoms. The minimum atomic E-state index is -0.730. The maximum atomic E-state index is 14.3. The Bertz CT molecular complexity index is 912. The minimum Gasteiger partial charge on any atom is -0.364 e. The smallest absolute Gasteiger partial charge is 0.265 e. The Morgan fingerprint density at radius 1 is 1.31 bits per heavy atom. The molecule has 0 bridgehead atoms. The van der Waals surface area contributed by atoms with E-state index in [1.807, 2.05) is 4.90 Å². The van der Waals surface area contributed by atoms with Gasteiger partial charge in [0.05, 0.1) is 11.7 Å². The van der Waals surface area contributed by atoms with E-state index >= 15 is 0 Å². The predicted molar refractivity (Wildman–Crippen MR) is 95.4 cm³/mol. The van der Waals surface area contributed by atoms with Crippen molar-refractivity contribution < 1.29 is 14.0 Å². The van der Waals surface area contributed by atoms with E-state index in [4.69, 9.17) is 17.3 Å². The summed E-state index contributed by atoms with van der Waals surface area (Å²) in [6.07, 6.45) is 5.92. The zero-order chi connectivity index (χ0) is 18.6. The Balaban J connectivity index is 1.70. The van der Waals surface area contributed by atoms with E-state index in [9.17, 15) is 14.0 Å². The summed E-state index contributed by atoms with van der Waals surface area (Å²) in [5.74, 6) is -1.55. The van der Waals surface area contributed by atoms with E-state index in [1.54, 1.807) is 6.92 Å². The number of nitrogens with zero attached hydrogens (tertiary/aromatic N) is 3. The van der Waals surface area contributed by atoms with Crippen LogP contribution in [0.3, 0.4) is 0 Å². The third kappa shape index (κ3) is 2.65. The summed E-state index contributed by atoms with van der Waals surface area (Å²) < 4.78 is 15.8. The zero-order valence-corrected chi connectivity index (χ0v) is 15.2. The third-order valence-electron chi connectivity index (χ3n) is 5.88. The molecule has 2 aromatic heterocycles. The summed E-state index contributed by atoms with van der Waals surface area (Å²) in [6, 6.07) is 0.644. The van der Waals surface area contributed by atoms with Gasteiger partial charge in [-0.15, -0.1) is 0 Å². The van der Waals surface area contributed by atoms with Crippen LogP contribution in [0.25, 0.3) is 10.9 Å². The van der Waals surface area contributed by atoms with Crippen molar-refractivity contribution in [2.45, 2.75) is 38.6 Å². The van der Waals surface area contributed by atoms with Crippen LogP contribution in [0, 0.1) is 11.2 Å². The van der Waals surface area contributed by atoms with Crippen LogP contribution in [0.5, 0.6) is 0 Å². The summed E-state index contributed by atoms with van der Waals surface area (Å²) >= 11 is 5.74. The summed E-state index contributed by atoms with van der Waals surface area (Å²) in [6.45, 7) is 3.13. The van der Waals surface area contributed by atoms with Crippen molar-refractivity contribution in [3.05, 3.63) is 28.9 Å². The fraction of sp³-hybridized carbons (Fsp3) is 0.500.